The fraction of sp³-hybridized carbons (Fsp3) is 0.450. The van der Waals surface area contributed by atoms with Crippen molar-refractivity contribution in [3.05, 3.63) is 50.2 Å². The largest absolute Gasteiger partial charge is 0.493 e. The quantitative estimate of drug-likeness (QED) is 0.841. The Morgan fingerprint density at radius 1 is 1.14 bits per heavy atom. The lowest BCUT2D eigenvalue weighted by molar-refractivity contribution is -0.116. The van der Waals surface area contributed by atoms with E-state index in [4.69, 9.17) is 9.47 Å². The molecule has 0 saturated carbocycles. The van der Waals surface area contributed by atoms with Crippen LogP contribution in [-0.4, -0.2) is 28.8 Å². The van der Waals surface area contributed by atoms with Crippen molar-refractivity contribution in [2.75, 3.05) is 19.0 Å². The van der Waals surface area contributed by atoms with Gasteiger partial charge in [0.1, 0.15) is 5.82 Å². The zero-order valence-corrected chi connectivity index (χ0v) is 16.7. The molecule has 1 aliphatic rings. The summed E-state index contributed by atoms with van der Waals surface area (Å²) in [4.78, 5) is 37.3. The number of anilines is 1. The molecule has 0 bridgehead atoms. The monoisotopic (exact) mass is 387 g/mol. The van der Waals surface area contributed by atoms with E-state index in [0.717, 1.165) is 10.1 Å². The van der Waals surface area contributed by atoms with Crippen LogP contribution in [0.5, 0.6) is 11.5 Å². The van der Waals surface area contributed by atoms with Gasteiger partial charge >= 0.3 is 5.69 Å². The molecule has 0 radical (unpaired) electrons. The molecule has 2 aromatic rings. The topological polar surface area (TPSA) is 91.6 Å². The Hall–Kier alpha value is -3.03. The standard InChI is InChI=1S/C20H25N3O5/c1-11(2)10-28-14-7-6-12(8-15(14)27-5)13-9-16(24)21-18-17(13)19(25)23(4)20(26)22(18)3/h6-8,11,13H,9-10H2,1-5H3,(H,21,24)/t13-/m1/s1. The molecule has 8 heteroatoms. The summed E-state index contributed by atoms with van der Waals surface area (Å²) in [7, 11) is 4.51. The van der Waals surface area contributed by atoms with E-state index in [2.05, 4.69) is 19.2 Å². The summed E-state index contributed by atoms with van der Waals surface area (Å²) in [6.07, 6.45) is 0.107. The smallest absolute Gasteiger partial charge is 0.332 e. The van der Waals surface area contributed by atoms with Crippen LogP contribution in [0.3, 0.4) is 0 Å². The molecule has 0 saturated heterocycles. The van der Waals surface area contributed by atoms with Crippen molar-refractivity contribution in [3.8, 4) is 11.5 Å². The molecule has 0 spiro atoms. The third kappa shape index (κ3) is 3.42. The molecule has 3 rings (SSSR count). The Balaban J connectivity index is 2.12. The fourth-order valence-corrected chi connectivity index (χ4v) is 3.37. The maximum atomic E-state index is 12.8. The highest BCUT2D eigenvalue weighted by Crippen LogP contribution is 2.38. The van der Waals surface area contributed by atoms with Crippen LogP contribution in [0.4, 0.5) is 5.82 Å². The van der Waals surface area contributed by atoms with E-state index in [0.29, 0.717) is 29.6 Å². The van der Waals surface area contributed by atoms with Crippen LogP contribution in [0.15, 0.2) is 27.8 Å². The lowest BCUT2D eigenvalue weighted by Gasteiger charge is -2.27. The number of amides is 1. The zero-order chi connectivity index (χ0) is 20.6. The number of fused-ring (bicyclic) bond motifs is 1. The normalized spacial score (nSPS) is 15.9. The first-order valence-corrected chi connectivity index (χ1v) is 9.15. The minimum atomic E-state index is -0.486. The van der Waals surface area contributed by atoms with E-state index in [1.807, 2.05) is 6.07 Å². The van der Waals surface area contributed by atoms with E-state index in [9.17, 15) is 14.4 Å². The van der Waals surface area contributed by atoms with Crippen molar-refractivity contribution in [1.29, 1.82) is 0 Å². The second-order valence-corrected chi connectivity index (χ2v) is 7.39. The van der Waals surface area contributed by atoms with E-state index >= 15 is 0 Å². The number of nitrogens with zero attached hydrogens (tertiary/aromatic N) is 2. The van der Waals surface area contributed by atoms with Crippen molar-refractivity contribution < 1.29 is 14.3 Å². The Kier molecular flexibility index (Phi) is 5.31. The number of benzene rings is 1. The number of rotatable bonds is 5. The van der Waals surface area contributed by atoms with Crippen molar-refractivity contribution in [2.45, 2.75) is 26.2 Å². The first kappa shape index (κ1) is 19.7. The summed E-state index contributed by atoms with van der Waals surface area (Å²) >= 11 is 0. The molecule has 28 heavy (non-hydrogen) atoms. The van der Waals surface area contributed by atoms with Crippen LogP contribution in [-0.2, 0) is 18.9 Å². The van der Waals surface area contributed by atoms with Gasteiger partial charge in [-0.2, -0.15) is 0 Å². The Morgan fingerprint density at radius 2 is 1.86 bits per heavy atom. The molecular formula is C20H25N3O5. The van der Waals surface area contributed by atoms with Crippen molar-refractivity contribution in [3.63, 3.8) is 0 Å². The molecule has 1 amide bonds. The average molecular weight is 387 g/mol. The van der Waals surface area contributed by atoms with Crippen molar-refractivity contribution >= 4 is 11.7 Å². The van der Waals surface area contributed by atoms with Crippen LogP contribution >= 0.6 is 0 Å². The number of ether oxygens (including phenoxy) is 2. The Bertz CT molecular complexity index is 1040. The molecular weight excluding hydrogens is 362 g/mol. The molecule has 0 unspecified atom stereocenters. The second kappa shape index (κ2) is 7.53. The predicted octanol–water partition coefficient (Wildman–Crippen LogP) is 1.60. The van der Waals surface area contributed by atoms with E-state index in [1.165, 1.54) is 18.7 Å². The molecule has 1 aromatic carbocycles. The van der Waals surface area contributed by atoms with E-state index in [1.54, 1.807) is 19.2 Å². The maximum Gasteiger partial charge on any atom is 0.332 e. The molecule has 1 aliphatic heterocycles. The summed E-state index contributed by atoms with van der Waals surface area (Å²) in [6, 6.07) is 5.40. The van der Waals surface area contributed by atoms with Gasteiger partial charge < -0.3 is 14.8 Å². The minimum absolute atomic E-state index is 0.107. The highest BCUT2D eigenvalue weighted by atomic mass is 16.5. The number of nitrogens with one attached hydrogen (secondary N) is 1. The summed E-state index contributed by atoms with van der Waals surface area (Å²) < 4.78 is 13.6. The van der Waals surface area contributed by atoms with Crippen LogP contribution in [0, 0.1) is 5.92 Å². The van der Waals surface area contributed by atoms with Gasteiger partial charge in [-0.1, -0.05) is 19.9 Å². The Morgan fingerprint density at radius 3 is 2.50 bits per heavy atom. The van der Waals surface area contributed by atoms with Crippen LogP contribution in [0.1, 0.15) is 37.3 Å². The summed E-state index contributed by atoms with van der Waals surface area (Å²) in [6.45, 7) is 4.66. The number of aromatic nitrogens is 2. The minimum Gasteiger partial charge on any atom is -0.493 e. The zero-order valence-electron chi connectivity index (χ0n) is 16.7. The molecule has 150 valence electrons. The van der Waals surface area contributed by atoms with Crippen molar-refractivity contribution in [1.82, 2.24) is 9.13 Å². The highest BCUT2D eigenvalue weighted by Gasteiger charge is 2.32. The summed E-state index contributed by atoms with van der Waals surface area (Å²) in [5.74, 6) is 1.01. The van der Waals surface area contributed by atoms with Gasteiger partial charge in [-0.25, -0.2) is 4.79 Å². The molecule has 8 nitrogen and oxygen atoms in total. The van der Waals surface area contributed by atoms with Gasteiger partial charge in [-0.15, -0.1) is 0 Å². The molecule has 1 aromatic heterocycles. The molecule has 1 N–H and O–H groups in total. The summed E-state index contributed by atoms with van der Waals surface area (Å²) in [5.41, 5.74) is 0.240. The predicted molar refractivity (Wildman–Crippen MR) is 105 cm³/mol. The van der Waals surface area contributed by atoms with Gasteiger partial charge in [0.2, 0.25) is 5.91 Å². The summed E-state index contributed by atoms with van der Waals surface area (Å²) in [5, 5.41) is 2.66. The first-order chi connectivity index (χ1) is 13.2. The van der Waals surface area contributed by atoms with Crippen LogP contribution in [0.2, 0.25) is 0 Å². The van der Waals surface area contributed by atoms with E-state index < -0.39 is 17.2 Å². The SMILES string of the molecule is COc1cc([C@H]2CC(=O)Nc3c2c(=O)n(C)c(=O)n3C)ccc1OCC(C)C. The van der Waals surface area contributed by atoms with Gasteiger partial charge in [0, 0.05) is 26.4 Å². The Labute approximate surface area is 162 Å². The molecule has 2 heterocycles. The van der Waals surface area contributed by atoms with Gasteiger partial charge in [0.15, 0.2) is 11.5 Å². The lowest BCUT2D eigenvalue weighted by atomic mass is 9.86. The molecule has 1 atom stereocenters. The number of carbonyl (C=O) groups is 1. The number of hydrogen-bond donors (Lipinski definition) is 1. The number of carbonyl (C=O) groups excluding carboxylic acids is 1. The van der Waals surface area contributed by atoms with Gasteiger partial charge in [-0.05, 0) is 23.6 Å². The van der Waals surface area contributed by atoms with E-state index in [-0.39, 0.29) is 18.1 Å². The van der Waals surface area contributed by atoms with Gasteiger partial charge in [0.25, 0.3) is 5.56 Å². The molecule has 0 aliphatic carbocycles. The maximum absolute atomic E-state index is 12.8. The first-order valence-electron chi connectivity index (χ1n) is 9.15. The number of hydrogen-bond acceptors (Lipinski definition) is 5. The lowest BCUT2D eigenvalue weighted by Crippen LogP contribution is -2.44. The average Bonchev–Trinajstić information content (AvgIpc) is 2.68. The van der Waals surface area contributed by atoms with Crippen LogP contribution in [0.25, 0.3) is 0 Å². The fourth-order valence-electron chi connectivity index (χ4n) is 3.37. The third-order valence-electron chi connectivity index (χ3n) is 4.86. The van der Waals surface area contributed by atoms with Crippen molar-refractivity contribution in [2.24, 2.45) is 20.0 Å². The second-order valence-electron chi connectivity index (χ2n) is 7.39. The number of methoxy groups -OCH3 is 1. The van der Waals surface area contributed by atoms with Gasteiger partial charge in [-0.3, -0.25) is 18.7 Å². The molecule has 0 fully saturated rings. The van der Waals surface area contributed by atoms with Crippen LogP contribution < -0.4 is 26.0 Å². The van der Waals surface area contributed by atoms with Gasteiger partial charge in [0.05, 0.1) is 19.3 Å². The third-order valence-corrected chi connectivity index (χ3v) is 4.86. The highest BCUT2D eigenvalue weighted by molar-refractivity contribution is 5.94.